The average Bonchev–Trinajstić information content (AvgIpc) is 2.81. The zero-order valence-corrected chi connectivity index (χ0v) is 13.0. The van der Waals surface area contributed by atoms with Crippen molar-refractivity contribution in [2.75, 3.05) is 6.54 Å². The molecule has 1 aromatic carbocycles. The van der Waals surface area contributed by atoms with E-state index in [1.807, 2.05) is 0 Å². The molecule has 0 radical (unpaired) electrons. The molecule has 1 aliphatic carbocycles. The first-order valence-electron chi connectivity index (χ1n) is 7.88. The van der Waals surface area contributed by atoms with E-state index in [4.69, 9.17) is 0 Å². The summed E-state index contributed by atoms with van der Waals surface area (Å²) >= 11 is 0. The highest BCUT2D eigenvalue weighted by Gasteiger charge is 2.26. The SMILES string of the molecule is Cc1cc(C)cc(C(CNC(C)C)C2CCCC2)c1. The lowest BCUT2D eigenvalue weighted by atomic mass is 9.83. The molecule has 19 heavy (non-hydrogen) atoms. The second-order valence-electron chi connectivity index (χ2n) is 6.64. The largest absolute Gasteiger partial charge is 0.314 e. The normalized spacial score (nSPS) is 18.2. The van der Waals surface area contributed by atoms with E-state index in [-0.39, 0.29) is 0 Å². The van der Waals surface area contributed by atoms with Gasteiger partial charge in [0.05, 0.1) is 0 Å². The predicted molar refractivity (Wildman–Crippen MR) is 83.8 cm³/mol. The number of rotatable bonds is 5. The first-order valence-corrected chi connectivity index (χ1v) is 7.88. The van der Waals surface area contributed by atoms with Crippen molar-refractivity contribution in [2.45, 2.75) is 65.3 Å². The van der Waals surface area contributed by atoms with Crippen LogP contribution < -0.4 is 5.32 Å². The van der Waals surface area contributed by atoms with E-state index in [2.05, 4.69) is 51.2 Å². The van der Waals surface area contributed by atoms with Gasteiger partial charge in [0.15, 0.2) is 0 Å². The molecule has 1 atom stereocenters. The maximum absolute atomic E-state index is 3.66. The molecule has 1 heteroatoms. The third-order valence-electron chi connectivity index (χ3n) is 4.39. The molecule has 0 aliphatic heterocycles. The van der Waals surface area contributed by atoms with E-state index in [1.165, 1.54) is 36.8 Å². The topological polar surface area (TPSA) is 12.0 Å². The number of hydrogen-bond donors (Lipinski definition) is 1. The lowest BCUT2D eigenvalue weighted by Crippen LogP contribution is -2.30. The Labute approximate surface area is 118 Å². The van der Waals surface area contributed by atoms with Gasteiger partial charge in [0, 0.05) is 12.6 Å². The van der Waals surface area contributed by atoms with Crippen molar-refractivity contribution in [2.24, 2.45) is 5.92 Å². The van der Waals surface area contributed by atoms with Crippen LogP contribution in [-0.4, -0.2) is 12.6 Å². The van der Waals surface area contributed by atoms with Crippen LogP contribution in [0, 0.1) is 19.8 Å². The van der Waals surface area contributed by atoms with Crippen LogP contribution in [0.4, 0.5) is 0 Å². The fourth-order valence-electron chi connectivity index (χ4n) is 3.50. The van der Waals surface area contributed by atoms with Gasteiger partial charge in [-0.1, -0.05) is 56.0 Å². The Morgan fingerprint density at radius 1 is 1.05 bits per heavy atom. The standard InChI is InChI=1S/C18H29N/c1-13(2)19-12-18(16-7-5-6-8-16)17-10-14(3)9-15(4)11-17/h9-11,13,16,18-19H,5-8,12H2,1-4H3. The predicted octanol–water partition coefficient (Wildman–Crippen LogP) is 4.58. The van der Waals surface area contributed by atoms with Crippen molar-refractivity contribution in [3.8, 4) is 0 Å². The maximum Gasteiger partial charge on any atom is 0.00251 e. The Bertz CT molecular complexity index is 382. The van der Waals surface area contributed by atoms with Crippen LogP contribution in [0.25, 0.3) is 0 Å². The summed E-state index contributed by atoms with van der Waals surface area (Å²) in [5.74, 6) is 1.58. The highest BCUT2D eigenvalue weighted by atomic mass is 14.9. The molecular weight excluding hydrogens is 230 g/mol. The molecule has 1 nitrogen and oxygen atoms in total. The number of hydrogen-bond acceptors (Lipinski definition) is 1. The van der Waals surface area contributed by atoms with Crippen molar-refractivity contribution >= 4 is 0 Å². The van der Waals surface area contributed by atoms with Crippen LogP contribution in [0.15, 0.2) is 18.2 Å². The highest BCUT2D eigenvalue weighted by Crippen LogP contribution is 2.37. The summed E-state index contributed by atoms with van der Waals surface area (Å²) in [7, 11) is 0. The molecule has 106 valence electrons. The van der Waals surface area contributed by atoms with Crippen molar-refractivity contribution < 1.29 is 0 Å². The van der Waals surface area contributed by atoms with Crippen LogP contribution in [0.2, 0.25) is 0 Å². The first-order chi connectivity index (χ1) is 9.06. The molecule has 0 saturated heterocycles. The van der Waals surface area contributed by atoms with Gasteiger partial charge in [0.25, 0.3) is 0 Å². The Balaban J connectivity index is 2.19. The van der Waals surface area contributed by atoms with Crippen LogP contribution in [0.5, 0.6) is 0 Å². The summed E-state index contributed by atoms with van der Waals surface area (Å²) in [5.41, 5.74) is 4.36. The molecule has 0 bridgehead atoms. The average molecular weight is 259 g/mol. The second kappa shape index (κ2) is 6.56. The molecule has 0 aromatic heterocycles. The monoisotopic (exact) mass is 259 g/mol. The van der Waals surface area contributed by atoms with Crippen molar-refractivity contribution in [3.63, 3.8) is 0 Å². The van der Waals surface area contributed by atoms with Crippen molar-refractivity contribution in [1.29, 1.82) is 0 Å². The summed E-state index contributed by atoms with van der Waals surface area (Å²) in [6, 6.07) is 7.66. The Morgan fingerprint density at radius 3 is 2.16 bits per heavy atom. The fourth-order valence-corrected chi connectivity index (χ4v) is 3.50. The first kappa shape index (κ1) is 14.6. The summed E-state index contributed by atoms with van der Waals surface area (Å²) in [6.45, 7) is 10.1. The minimum Gasteiger partial charge on any atom is -0.314 e. The van der Waals surface area contributed by atoms with Crippen molar-refractivity contribution in [3.05, 3.63) is 34.9 Å². The smallest absolute Gasteiger partial charge is 0.00251 e. The molecule has 1 saturated carbocycles. The second-order valence-corrected chi connectivity index (χ2v) is 6.64. The lowest BCUT2D eigenvalue weighted by Gasteiger charge is -2.26. The van der Waals surface area contributed by atoms with Crippen LogP contribution in [0.1, 0.15) is 62.1 Å². The van der Waals surface area contributed by atoms with Gasteiger partial charge in [-0.25, -0.2) is 0 Å². The number of nitrogens with one attached hydrogen (secondary N) is 1. The number of benzene rings is 1. The lowest BCUT2D eigenvalue weighted by molar-refractivity contribution is 0.398. The van der Waals surface area contributed by atoms with Gasteiger partial charge in [-0.05, 0) is 44.1 Å². The summed E-state index contributed by atoms with van der Waals surface area (Å²) < 4.78 is 0. The summed E-state index contributed by atoms with van der Waals surface area (Å²) in [4.78, 5) is 0. The maximum atomic E-state index is 3.66. The van der Waals surface area contributed by atoms with Crippen LogP contribution in [0.3, 0.4) is 0 Å². The van der Waals surface area contributed by atoms with Gasteiger partial charge in [-0.3, -0.25) is 0 Å². The summed E-state index contributed by atoms with van der Waals surface area (Å²) in [5, 5.41) is 3.66. The van der Waals surface area contributed by atoms with Crippen LogP contribution in [-0.2, 0) is 0 Å². The Kier molecular flexibility index (Phi) is 5.04. The zero-order valence-electron chi connectivity index (χ0n) is 13.0. The summed E-state index contributed by atoms with van der Waals surface area (Å²) in [6.07, 6.45) is 5.68. The third kappa shape index (κ3) is 4.07. The van der Waals surface area contributed by atoms with Gasteiger partial charge in [-0.2, -0.15) is 0 Å². The van der Waals surface area contributed by atoms with Gasteiger partial charge < -0.3 is 5.32 Å². The van der Waals surface area contributed by atoms with E-state index < -0.39 is 0 Å². The minimum absolute atomic E-state index is 0.579. The zero-order chi connectivity index (χ0) is 13.8. The molecule has 0 spiro atoms. The Morgan fingerprint density at radius 2 is 1.63 bits per heavy atom. The van der Waals surface area contributed by atoms with Crippen molar-refractivity contribution in [1.82, 2.24) is 5.32 Å². The molecule has 1 aliphatic rings. The Hall–Kier alpha value is -0.820. The molecule has 0 amide bonds. The van der Waals surface area contributed by atoms with E-state index in [0.717, 1.165) is 12.5 Å². The van der Waals surface area contributed by atoms with Gasteiger partial charge >= 0.3 is 0 Å². The third-order valence-corrected chi connectivity index (χ3v) is 4.39. The van der Waals surface area contributed by atoms with Crippen LogP contribution >= 0.6 is 0 Å². The minimum atomic E-state index is 0.579. The molecule has 2 rings (SSSR count). The van der Waals surface area contributed by atoms with Gasteiger partial charge in [0.2, 0.25) is 0 Å². The fraction of sp³-hybridized carbons (Fsp3) is 0.667. The van der Waals surface area contributed by atoms with E-state index in [1.54, 1.807) is 5.56 Å². The van der Waals surface area contributed by atoms with E-state index in [0.29, 0.717) is 12.0 Å². The van der Waals surface area contributed by atoms with E-state index >= 15 is 0 Å². The van der Waals surface area contributed by atoms with Gasteiger partial charge in [0.1, 0.15) is 0 Å². The van der Waals surface area contributed by atoms with E-state index in [9.17, 15) is 0 Å². The molecule has 1 fully saturated rings. The molecule has 1 aromatic rings. The molecule has 1 unspecified atom stereocenters. The number of aryl methyl sites for hydroxylation is 2. The van der Waals surface area contributed by atoms with Gasteiger partial charge in [-0.15, -0.1) is 0 Å². The molecule has 0 heterocycles. The highest BCUT2D eigenvalue weighted by molar-refractivity contribution is 5.31. The quantitative estimate of drug-likeness (QED) is 0.816. The molecular formula is C18H29N. The molecule has 1 N–H and O–H groups in total.